The molecule has 2 N–H and O–H groups in total. The molecule has 184 valence electrons. The summed E-state index contributed by atoms with van der Waals surface area (Å²) in [5.41, 5.74) is 0.524. The number of carbonyl (C=O) groups excluding carboxylic acids is 2. The molecule has 0 bridgehead atoms. The molecule has 3 amide bonds. The van der Waals surface area contributed by atoms with E-state index in [4.69, 9.17) is 9.47 Å². The number of nitrogens with one attached hydrogen (secondary N) is 1. The number of imide groups is 1. The molecule has 35 heavy (non-hydrogen) atoms. The van der Waals surface area contributed by atoms with Crippen molar-refractivity contribution in [2.75, 3.05) is 6.54 Å². The highest BCUT2D eigenvalue weighted by atomic mass is 32.2. The second kappa shape index (κ2) is 9.95. The van der Waals surface area contributed by atoms with E-state index in [0.717, 1.165) is 17.3 Å². The van der Waals surface area contributed by atoms with Crippen LogP contribution in [0.1, 0.15) is 39.2 Å². The van der Waals surface area contributed by atoms with Crippen molar-refractivity contribution in [3.63, 3.8) is 0 Å². The minimum Gasteiger partial charge on any atom is -0.474 e. The first-order valence-electron chi connectivity index (χ1n) is 11.1. The van der Waals surface area contributed by atoms with Crippen LogP contribution in [0.3, 0.4) is 0 Å². The largest absolute Gasteiger partial charge is 0.474 e. The molecule has 11 heteroatoms. The Hall–Kier alpha value is -3.60. The Kier molecular flexibility index (Phi) is 6.97. The van der Waals surface area contributed by atoms with E-state index in [-0.39, 0.29) is 22.8 Å². The Morgan fingerprint density at radius 2 is 1.91 bits per heavy atom. The fourth-order valence-electron chi connectivity index (χ4n) is 4.03. The molecule has 3 heterocycles. The Morgan fingerprint density at radius 3 is 2.54 bits per heavy atom. The summed E-state index contributed by atoms with van der Waals surface area (Å²) in [6.45, 7) is 6.47. The molecule has 0 spiro atoms. The van der Waals surface area contributed by atoms with Crippen LogP contribution >= 0.6 is 11.8 Å². The second-order valence-corrected chi connectivity index (χ2v) is 10.4. The fraction of sp³-hybridized carbons (Fsp3) is 0.375. The van der Waals surface area contributed by atoms with E-state index in [0.29, 0.717) is 41.8 Å². The number of benzene rings is 1. The summed E-state index contributed by atoms with van der Waals surface area (Å²) < 4.78 is 11.9. The molecular weight excluding hydrogens is 472 g/mol. The number of aromatic nitrogens is 2. The Morgan fingerprint density at radius 1 is 1.20 bits per heavy atom. The standard InChI is InChI=1S/C24H26N4O6S/c1-24(2,3)18-11-16(8-9-28(18)23(31)32)34-20-12-19(25-13-26-20)33-15-6-4-14(5-7-15)10-17-21(29)27-22(30)35-17/h4-7,10,12-13,16,18H,8-9,11H2,1-3H3,(H,31,32)(H,27,29,30). The van der Waals surface area contributed by atoms with Gasteiger partial charge >= 0.3 is 6.09 Å². The molecule has 10 nitrogen and oxygen atoms in total. The first kappa shape index (κ1) is 24.5. The molecule has 2 unspecified atom stereocenters. The van der Waals surface area contributed by atoms with Gasteiger partial charge in [-0.2, -0.15) is 0 Å². The third kappa shape index (κ3) is 6.10. The summed E-state index contributed by atoms with van der Waals surface area (Å²) in [4.78, 5) is 44.8. The van der Waals surface area contributed by atoms with E-state index < -0.39 is 12.0 Å². The maximum atomic E-state index is 11.7. The molecule has 2 aromatic rings. The summed E-state index contributed by atoms with van der Waals surface area (Å²) >= 11 is 0.862. The third-order valence-corrected chi connectivity index (χ3v) is 6.56. The number of hydrogen-bond acceptors (Lipinski definition) is 8. The van der Waals surface area contributed by atoms with Crippen LogP contribution in [0.2, 0.25) is 0 Å². The number of piperidine rings is 1. The van der Waals surface area contributed by atoms with Crippen molar-refractivity contribution in [3.8, 4) is 17.5 Å². The van der Waals surface area contributed by atoms with Crippen LogP contribution in [-0.4, -0.2) is 55.9 Å². The van der Waals surface area contributed by atoms with Crippen LogP contribution in [0.5, 0.6) is 17.5 Å². The van der Waals surface area contributed by atoms with E-state index in [2.05, 4.69) is 15.3 Å². The Bertz CT molecular complexity index is 1160. The van der Waals surface area contributed by atoms with E-state index >= 15 is 0 Å². The number of amides is 3. The zero-order valence-corrected chi connectivity index (χ0v) is 20.4. The van der Waals surface area contributed by atoms with Crippen LogP contribution in [0, 0.1) is 5.41 Å². The highest BCUT2D eigenvalue weighted by Crippen LogP contribution is 2.34. The zero-order chi connectivity index (χ0) is 25.2. The summed E-state index contributed by atoms with van der Waals surface area (Å²) in [6, 6.07) is 8.41. The maximum Gasteiger partial charge on any atom is 0.407 e. The third-order valence-electron chi connectivity index (χ3n) is 5.75. The van der Waals surface area contributed by atoms with Crippen molar-refractivity contribution >= 4 is 35.1 Å². The zero-order valence-electron chi connectivity index (χ0n) is 19.6. The fourth-order valence-corrected chi connectivity index (χ4v) is 4.71. The van der Waals surface area contributed by atoms with Crippen molar-refractivity contribution in [2.45, 2.75) is 45.8 Å². The lowest BCUT2D eigenvalue weighted by Crippen LogP contribution is -2.53. The van der Waals surface area contributed by atoms with Gasteiger partial charge in [0.15, 0.2) is 0 Å². The highest BCUT2D eigenvalue weighted by Gasteiger charge is 2.39. The van der Waals surface area contributed by atoms with Gasteiger partial charge in [0.25, 0.3) is 11.1 Å². The van der Waals surface area contributed by atoms with Gasteiger partial charge in [0.2, 0.25) is 11.8 Å². The Balaban J connectivity index is 1.40. The molecule has 0 aliphatic carbocycles. The van der Waals surface area contributed by atoms with E-state index in [1.807, 2.05) is 20.8 Å². The lowest BCUT2D eigenvalue weighted by molar-refractivity contribution is -0.115. The lowest BCUT2D eigenvalue weighted by atomic mass is 9.80. The van der Waals surface area contributed by atoms with Crippen molar-refractivity contribution in [2.24, 2.45) is 5.41 Å². The second-order valence-electron chi connectivity index (χ2n) is 9.34. The molecule has 0 radical (unpaired) electrons. The van der Waals surface area contributed by atoms with Gasteiger partial charge in [-0.1, -0.05) is 32.9 Å². The van der Waals surface area contributed by atoms with Gasteiger partial charge in [0.05, 0.1) is 11.0 Å². The number of hydrogen-bond donors (Lipinski definition) is 2. The van der Waals surface area contributed by atoms with Crippen LogP contribution in [0.15, 0.2) is 41.6 Å². The van der Waals surface area contributed by atoms with Crippen LogP contribution < -0.4 is 14.8 Å². The number of carbonyl (C=O) groups is 3. The number of likely N-dealkylation sites (tertiary alicyclic amines) is 1. The van der Waals surface area contributed by atoms with Gasteiger partial charge in [-0.05, 0) is 40.9 Å². The molecule has 1 aromatic carbocycles. The van der Waals surface area contributed by atoms with Crippen molar-refractivity contribution < 1.29 is 29.0 Å². The van der Waals surface area contributed by atoms with E-state index in [9.17, 15) is 19.5 Å². The van der Waals surface area contributed by atoms with Crippen molar-refractivity contribution in [1.82, 2.24) is 20.2 Å². The predicted molar refractivity (Wildman–Crippen MR) is 129 cm³/mol. The summed E-state index contributed by atoms with van der Waals surface area (Å²) in [5.74, 6) is 0.773. The first-order valence-corrected chi connectivity index (χ1v) is 11.9. The molecule has 2 aliphatic heterocycles. The molecular formula is C24H26N4O6S. The maximum absolute atomic E-state index is 11.7. The van der Waals surface area contributed by atoms with Gasteiger partial charge in [0.1, 0.15) is 18.2 Å². The van der Waals surface area contributed by atoms with Gasteiger partial charge < -0.3 is 19.5 Å². The summed E-state index contributed by atoms with van der Waals surface area (Å²) in [7, 11) is 0. The number of nitrogens with zero attached hydrogens (tertiary/aromatic N) is 3. The van der Waals surface area contributed by atoms with Gasteiger partial charge in [-0.3, -0.25) is 14.9 Å². The van der Waals surface area contributed by atoms with Crippen molar-refractivity contribution in [1.29, 1.82) is 0 Å². The molecule has 2 aliphatic rings. The average molecular weight is 499 g/mol. The number of thioether (sulfide) groups is 1. The smallest absolute Gasteiger partial charge is 0.407 e. The van der Waals surface area contributed by atoms with Gasteiger partial charge in [-0.15, -0.1) is 0 Å². The monoisotopic (exact) mass is 498 g/mol. The number of rotatable bonds is 5. The van der Waals surface area contributed by atoms with Crippen LogP contribution in [0.25, 0.3) is 6.08 Å². The van der Waals surface area contributed by atoms with Crippen LogP contribution in [-0.2, 0) is 4.79 Å². The minimum absolute atomic E-state index is 0.170. The molecule has 1 aromatic heterocycles. The first-order chi connectivity index (χ1) is 16.6. The molecule has 0 saturated carbocycles. The quantitative estimate of drug-likeness (QED) is 0.571. The highest BCUT2D eigenvalue weighted by molar-refractivity contribution is 8.18. The topological polar surface area (TPSA) is 131 Å². The number of carboxylic acid groups (broad SMARTS) is 1. The van der Waals surface area contributed by atoms with Crippen molar-refractivity contribution in [3.05, 3.63) is 47.1 Å². The summed E-state index contributed by atoms with van der Waals surface area (Å²) in [6.07, 6.45) is 3.02. The molecule has 2 fully saturated rings. The van der Waals surface area contributed by atoms with E-state index in [1.54, 1.807) is 36.4 Å². The number of ether oxygens (including phenoxy) is 2. The predicted octanol–water partition coefficient (Wildman–Crippen LogP) is 4.53. The van der Waals surface area contributed by atoms with Gasteiger partial charge in [-0.25, -0.2) is 14.8 Å². The SMILES string of the molecule is CC(C)(C)C1CC(Oc2cc(Oc3ccc(C=C4SC(=O)NC4=O)cc3)ncn2)CCN1C(=O)O. The lowest BCUT2D eigenvalue weighted by Gasteiger charge is -2.44. The van der Waals surface area contributed by atoms with Gasteiger partial charge in [0, 0.05) is 25.4 Å². The molecule has 2 saturated heterocycles. The van der Waals surface area contributed by atoms with E-state index in [1.165, 1.54) is 11.2 Å². The Labute approximate surface area is 206 Å². The van der Waals surface area contributed by atoms with Crippen LogP contribution in [0.4, 0.5) is 9.59 Å². The normalized spacial score (nSPS) is 21.7. The molecule has 2 atom stereocenters. The average Bonchev–Trinajstić information content (AvgIpc) is 3.11. The molecule has 4 rings (SSSR count). The summed E-state index contributed by atoms with van der Waals surface area (Å²) in [5, 5.41) is 11.4. The minimum atomic E-state index is -0.915.